The molecular weight excluding hydrogens is 298 g/mol. The highest BCUT2D eigenvalue weighted by Gasteiger charge is 2.29. The maximum Gasteiger partial charge on any atom is 0.305 e. The summed E-state index contributed by atoms with van der Waals surface area (Å²) < 4.78 is 0.952. The summed E-state index contributed by atoms with van der Waals surface area (Å²) in [5.41, 5.74) is 0.206. The number of nitrogens with one attached hydrogen (secondary N) is 1. The van der Waals surface area contributed by atoms with Gasteiger partial charge < -0.3 is 10.4 Å². The van der Waals surface area contributed by atoms with Crippen LogP contribution in [-0.2, 0) is 15.0 Å². The summed E-state index contributed by atoms with van der Waals surface area (Å²) in [6.07, 6.45) is -0.0673. The van der Waals surface area contributed by atoms with Gasteiger partial charge in [-0.15, -0.1) is 0 Å². The third-order valence-electron chi connectivity index (χ3n) is 2.76. The summed E-state index contributed by atoms with van der Waals surface area (Å²) in [4.78, 5) is 22.4. The van der Waals surface area contributed by atoms with Gasteiger partial charge in [0.1, 0.15) is 0 Å². The molecule has 0 fully saturated rings. The Morgan fingerprint density at radius 2 is 1.83 bits per heavy atom. The van der Waals surface area contributed by atoms with Gasteiger partial charge in [0.2, 0.25) is 5.91 Å². The smallest absolute Gasteiger partial charge is 0.305 e. The minimum absolute atomic E-state index is 0.0673. The number of carbonyl (C=O) groups is 2. The van der Waals surface area contributed by atoms with Crippen LogP contribution in [0.3, 0.4) is 0 Å². The van der Waals surface area contributed by atoms with Crippen molar-refractivity contribution >= 4 is 27.8 Å². The number of aliphatic carboxylic acids is 1. The van der Waals surface area contributed by atoms with Crippen LogP contribution in [0.1, 0.15) is 25.8 Å². The van der Waals surface area contributed by atoms with Crippen molar-refractivity contribution in [2.45, 2.75) is 25.7 Å². The fourth-order valence-corrected chi connectivity index (χ4v) is 1.77. The quantitative estimate of drug-likeness (QED) is 0.876. The summed E-state index contributed by atoms with van der Waals surface area (Å²) in [7, 11) is 0. The molecule has 1 aromatic rings. The lowest BCUT2D eigenvalue weighted by Gasteiger charge is -2.24. The molecule has 5 heteroatoms. The number of carboxylic acids is 1. The molecule has 98 valence electrons. The van der Waals surface area contributed by atoms with E-state index in [1.807, 2.05) is 38.1 Å². The third kappa shape index (κ3) is 3.84. The van der Waals surface area contributed by atoms with Gasteiger partial charge in [-0.1, -0.05) is 28.1 Å². The normalized spacial score (nSPS) is 11.1. The van der Waals surface area contributed by atoms with Crippen LogP contribution in [0.4, 0.5) is 0 Å². The second kappa shape index (κ2) is 6.00. The molecule has 1 rings (SSSR count). The number of rotatable bonds is 5. The zero-order chi connectivity index (χ0) is 13.8. The topological polar surface area (TPSA) is 66.4 Å². The van der Waals surface area contributed by atoms with Gasteiger partial charge >= 0.3 is 5.97 Å². The number of carboxylic acid groups (broad SMARTS) is 1. The van der Waals surface area contributed by atoms with Crippen molar-refractivity contribution < 1.29 is 14.7 Å². The summed E-state index contributed by atoms with van der Waals surface area (Å²) in [6, 6.07) is 7.50. The van der Waals surface area contributed by atoms with Crippen LogP contribution in [0, 0.1) is 0 Å². The highest BCUT2D eigenvalue weighted by Crippen LogP contribution is 2.24. The molecule has 1 amide bonds. The Morgan fingerprint density at radius 3 is 2.33 bits per heavy atom. The van der Waals surface area contributed by atoms with E-state index >= 15 is 0 Å². The van der Waals surface area contributed by atoms with Crippen molar-refractivity contribution in [1.29, 1.82) is 0 Å². The molecule has 18 heavy (non-hydrogen) atoms. The van der Waals surface area contributed by atoms with Crippen LogP contribution in [0.15, 0.2) is 28.7 Å². The van der Waals surface area contributed by atoms with Gasteiger partial charge in [-0.2, -0.15) is 0 Å². The van der Waals surface area contributed by atoms with Crippen LogP contribution >= 0.6 is 15.9 Å². The predicted octanol–water partition coefficient (Wildman–Crippen LogP) is 2.32. The zero-order valence-electron chi connectivity index (χ0n) is 10.4. The van der Waals surface area contributed by atoms with Gasteiger partial charge in [-0.05, 0) is 31.5 Å². The number of amides is 1. The lowest BCUT2D eigenvalue weighted by molar-refractivity contribution is -0.137. The number of benzene rings is 1. The van der Waals surface area contributed by atoms with Crippen LogP contribution in [0.2, 0.25) is 0 Å². The van der Waals surface area contributed by atoms with Gasteiger partial charge in [0.15, 0.2) is 0 Å². The highest BCUT2D eigenvalue weighted by atomic mass is 79.9. The van der Waals surface area contributed by atoms with Gasteiger partial charge in [0, 0.05) is 11.0 Å². The van der Waals surface area contributed by atoms with Crippen molar-refractivity contribution in [2.75, 3.05) is 6.54 Å². The molecule has 0 heterocycles. The van der Waals surface area contributed by atoms with E-state index in [1.54, 1.807) is 0 Å². The Bertz CT molecular complexity index is 440. The highest BCUT2D eigenvalue weighted by molar-refractivity contribution is 9.10. The zero-order valence-corrected chi connectivity index (χ0v) is 12.0. The molecule has 0 atom stereocenters. The molecule has 1 aromatic carbocycles. The van der Waals surface area contributed by atoms with E-state index in [2.05, 4.69) is 21.2 Å². The monoisotopic (exact) mass is 313 g/mol. The van der Waals surface area contributed by atoms with Crippen LogP contribution in [-0.4, -0.2) is 23.5 Å². The standard InChI is InChI=1S/C13H16BrNO3/c1-13(2,9-3-5-10(14)6-4-9)12(18)15-8-7-11(16)17/h3-6H,7-8H2,1-2H3,(H,15,18)(H,16,17). The van der Waals surface area contributed by atoms with E-state index in [9.17, 15) is 9.59 Å². The largest absolute Gasteiger partial charge is 0.481 e. The summed E-state index contributed by atoms with van der Waals surface area (Å²) in [5, 5.41) is 11.2. The molecule has 4 nitrogen and oxygen atoms in total. The molecule has 0 spiro atoms. The Balaban J connectivity index is 2.70. The summed E-state index contributed by atoms with van der Waals surface area (Å²) >= 11 is 3.34. The first-order valence-corrected chi connectivity index (χ1v) is 6.39. The molecule has 0 aliphatic heterocycles. The van der Waals surface area contributed by atoms with Crippen molar-refractivity contribution in [1.82, 2.24) is 5.32 Å². The Kier molecular flexibility index (Phi) is 4.90. The second-order valence-electron chi connectivity index (χ2n) is 4.53. The molecule has 0 aliphatic rings. The minimum Gasteiger partial charge on any atom is -0.481 e. The van der Waals surface area contributed by atoms with Gasteiger partial charge in [0.25, 0.3) is 0 Å². The molecule has 0 unspecified atom stereocenters. The Morgan fingerprint density at radius 1 is 1.28 bits per heavy atom. The van der Waals surface area contributed by atoms with Crippen LogP contribution in [0.25, 0.3) is 0 Å². The molecule has 0 bridgehead atoms. The van der Waals surface area contributed by atoms with E-state index in [1.165, 1.54) is 0 Å². The van der Waals surface area contributed by atoms with Crippen molar-refractivity contribution in [3.63, 3.8) is 0 Å². The summed E-state index contributed by atoms with van der Waals surface area (Å²) in [6.45, 7) is 3.77. The molecule has 0 saturated heterocycles. The minimum atomic E-state index is -0.920. The first-order chi connectivity index (χ1) is 8.34. The fourth-order valence-electron chi connectivity index (χ4n) is 1.50. The SMILES string of the molecule is CC(C)(C(=O)NCCC(=O)O)c1ccc(Br)cc1. The fraction of sp³-hybridized carbons (Fsp3) is 0.385. The van der Waals surface area contributed by atoms with E-state index in [0.29, 0.717) is 0 Å². The average molecular weight is 314 g/mol. The van der Waals surface area contributed by atoms with Crippen molar-refractivity contribution in [3.05, 3.63) is 34.3 Å². The van der Waals surface area contributed by atoms with Gasteiger partial charge in [-0.3, -0.25) is 9.59 Å². The molecule has 2 N–H and O–H groups in total. The number of carbonyl (C=O) groups excluding carboxylic acids is 1. The Hall–Kier alpha value is -1.36. The molecule has 0 aliphatic carbocycles. The molecular formula is C13H16BrNO3. The Labute approximate surface area is 115 Å². The van der Waals surface area contributed by atoms with Gasteiger partial charge in [0.05, 0.1) is 11.8 Å². The summed E-state index contributed by atoms with van der Waals surface area (Å²) in [5.74, 6) is -1.09. The third-order valence-corrected chi connectivity index (χ3v) is 3.29. The van der Waals surface area contributed by atoms with E-state index in [4.69, 9.17) is 5.11 Å². The van der Waals surface area contributed by atoms with Crippen molar-refractivity contribution in [3.8, 4) is 0 Å². The first-order valence-electron chi connectivity index (χ1n) is 5.60. The maximum absolute atomic E-state index is 12.0. The first kappa shape index (κ1) is 14.7. The lowest BCUT2D eigenvalue weighted by Crippen LogP contribution is -2.40. The van der Waals surface area contributed by atoms with Crippen LogP contribution < -0.4 is 5.32 Å². The number of halogens is 1. The van der Waals surface area contributed by atoms with E-state index in [0.717, 1.165) is 10.0 Å². The van der Waals surface area contributed by atoms with Crippen LogP contribution in [0.5, 0.6) is 0 Å². The maximum atomic E-state index is 12.0. The molecule has 0 radical (unpaired) electrons. The lowest BCUT2D eigenvalue weighted by atomic mass is 9.84. The van der Waals surface area contributed by atoms with E-state index < -0.39 is 11.4 Å². The molecule has 0 saturated carbocycles. The van der Waals surface area contributed by atoms with Crippen molar-refractivity contribution in [2.24, 2.45) is 0 Å². The number of hydrogen-bond acceptors (Lipinski definition) is 2. The average Bonchev–Trinajstić information content (AvgIpc) is 2.28. The predicted molar refractivity (Wildman–Crippen MR) is 72.4 cm³/mol. The second-order valence-corrected chi connectivity index (χ2v) is 5.45. The van der Waals surface area contributed by atoms with Gasteiger partial charge in [-0.25, -0.2) is 0 Å². The van der Waals surface area contributed by atoms with E-state index in [-0.39, 0.29) is 18.9 Å². The molecule has 0 aromatic heterocycles. The number of hydrogen-bond donors (Lipinski definition) is 2.